The van der Waals surface area contributed by atoms with Crippen LogP contribution in [-0.2, 0) is 14.9 Å². The van der Waals surface area contributed by atoms with Gasteiger partial charge < -0.3 is 25.2 Å². The molecule has 0 bridgehead atoms. The van der Waals surface area contributed by atoms with Crippen molar-refractivity contribution in [2.45, 2.75) is 96.9 Å². The first-order valence-electron chi connectivity index (χ1n) is 13.5. The van der Waals surface area contributed by atoms with Gasteiger partial charge >= 0.3 is 29.6 Å². The van der Waals surface area contributed by atoms with Crippen molar-refractivity contribution in [3.63, 3.8) is 0 Å². The summed E-state index contributed by atoms with van der Waals surface area (Å²) in [5, 5.41) is 35.7. The zero-order valence-electron chi connectivity index (χ0n) is 22.4. The Morgan fingerprint density at radius 1 is 1.08 bits per heavy atom. The van der Waals surface area contributed by atoms with E-state index in [4.69, 9.17) is 0 Å². The SMILES string of the molecule is CC(CCC(=O)NCCS(=O)(=O)[O-])C1CCC2C3C(C[C@H](O)C12C)C1(C)CC[C@@H](O)CC1C[C@H]3O.[Na+]. The maximum atomic E-state index is 12.2. The minimum Gasteiger partial charge on any atom is -0.748 e. The first-order chi connectivity index (χ1) is 16.3. The van der Waals surface area contributed by atoms with Gasteiger partial charge in [0.1, 0.15) is 0 Å². The van der Waals surface area contributed by atoms with Crippen LogP contribution in [0.3, 0.4) is 0 Å². The smallest absolute Gasteiger partial charge is 0.748 e. The fraction of sp³-hybridized carbons (Fsp3) is 0.962. The van der Waals surface area contributed by atoms with E-state index < -0.39 is 28.1 Å². The van der Waals surface area contributed by atoms with E-state index >= 15 is 0 Å². The molecule has 4 fully saturated rings. The molecule has 0 radical (unpaired) electrons. The third-order valence-corrected chi connectivity index (χ3v) is 11.7. The van der Waals surface area contributed by atoms with Crippen LogP contribution in [0.5, 0.6) is 0 Å². The van der Waals surface area contributed by atoms with Crippen molar-refractivity contribution in [1.29, 1.82) is 0 Å². The molecule has 202 valence electrons. The quantitative estimate of drug-likeness (QED) is 0.241. The topological polar surface area (TPSA) is 147 Å². The number of nitrogens with one attached hydrogen (secondary N) is 1. The van der Waals surface area contributed by atoms with E-state index in [1.165, 1.54) is 0 Å². The molecule has 4 saturated carbocycles. The zero-order valence-corrected chi connectivity index (χ0v) is 25.2. The number of rotatable bonds is 7. The summed E-state index contributed by atoms with van der Waals surface area (Å²) < 4.78 is 32.2. The standard InChI is InChI=1S/C26H45NO7S.Na/c1-15(4-7-23(31)27-10-11-35(32,33)34)18-5-6-19-24-20(14-22(30)26(18,19)3)25(2)9-8-17(28)12-16(25)13-21(24)29;/h15-22,24,28-30H,4-14H2,1-3H3,(H,27,31)(H,32,33,34);/q;+1/p-1/t15?,16?,17-,18?,19?,20?,21-,22+,24?,25?,26?;/m1./s1. The fourth-order valence-corrected chi connectivity index (χ4v) is 9.45. The molecule has 0 aromatic rings. The van der Waals surface area contributed by atoms with Crippen LogP contribution in [-0.4, -0.2) is 64.8 Å². The van der Waals surface area contributed by atoms with Crippen molar-refractivity contribution in [3.05, 3.63) is 0 Å². The van der Waals surface area contributed by atoms with Gasteiger partial charge in [0.15, 0.2) is 0 Å². The van der Waals surface area contributed by atoms with Crippen LogP contribution in [0.4, 0.5) is 0 Å². The molecule has 0 heterocycles. The largest absolute Gasteiger partial charge is 1.00 e. The molecule has 0 aliphatic heterocycles. The van der Waals surface area contributed by atoms with Crippen LogP contribution in [0, 0.1) is 46.3 Å². The Morgan fingerprint density at radius 2 is 1.78 bits per heavy atom. The summed E-state index contributed by atoms with van der Waals surface area (Å²) in [6.45, 7) is 6.48. The molecule has 0 aromatic carbocycles. The Kier molecular flexibility index (Phi) is 9.75. The van der Waals surface area contributed by atoms with E-state index in [0.29, 0.717) is 18.8 Å². The number of fused-ring (bicyclic) bond motifs is 5. The summed E-state index contributed by atoms with van der Waals surface area (Å²) in [7, 11) is -4.35. The molecule has 4 aliphatic rings. The molecule has 1 amide bonds. The molecule has 11 atom stereocenters. The predicted octanol–water partition coefficient (Wildman–Crippen LogP) is -0.970. The van der Waals surface area contributed by atoms with Crippen LogP contribution < -0.4 is 34.9 Å². The predicted molar refractivity (Wildman–Crippen MR) is 130 cm³/mol. The van der Waals surface area contributed by atoms with Crippen molar-refractivity contribution in [1.82, 2.24) is 5.32 Å². The first-order valence-corrected chi connectivity index (χ1v) is 15.1. The molecule has 8 nitrogen and oxygen atoms in total. The van der Waals surface area contributed by atoms with Crippen LogP contribution >= 0.6 is 0 Å². The van der Waals surface area contributed by atoms with E-state index in [1.807, 2.05) is 0 Å². The molecule has 0 aromatic heterocycles. The molecule has 8 unspecified atom stereocenters. The van der Waals surface area contributed by atoms with Gasteiger partial charge in [0.25, 0.3) is 0 Å². The molecule has 36 heavy (non-hydrogen) atoms. The van der Waals surface area contributed by atoms with Gasteiger partial charge in [0, 0.05) is 13.0 Å². The second-order valence-corrected chi connectivity index (χ2v) is 14.2. The van der Waals surface area contributed by atoms with Crippen LogP contribution in [0.2, 0.25) is 0 Å². The molecule has 4 rings (SSSR count). The Bertz CT molecular complexity index is 903. The fourth-order valence-electron chi connectivity index (χ4n) is 9.10. The molecular formula is C26H44NNaO7S. The average molecular weight is 538 g/mol. The van der Waals surface area contributed by atoms with Crippen molar-refractivity contribution < 1.29 is 62.6 Å². The Balaban J connectivity index is 0.00000361. The van der Waals surface area contributed by atoms with Crippen molar-refractivity contribution in [2.75, 3.05) is 12.3 Å². The Labute approximate surface area is 238 Å². The maximum Gasteiger partial charge on any atom is 1.00 e. The van der Waals surface area contributed by atoms with E-state index in [1.54, 1.807) is 0 Å². The molecule has 0 spiro atoms. The summed E-state index contributed by atoms with van der Waals surface area (Å²) in [4.78, 5) is 12.2. The maximum absolute atomic E-state index is 12.2. The molecule has 4 aliphatic carbocycles. The normalized spacial score (nSPS) is 45.0. The molecule has 0 saturated heterocycles. The van der Waals surface area contributed by atoms with E-state index in [-0.39, 0.29) is 95.0 Å². The summed E-state index contributed by atoms with van der Waals surface area (Å²) >= 11 is 0. The first kappa shape index (κ1) is 30.8. The van der Waals surface area contributed by atoms with Gasteiger partial charge in [-0.15, -0.1) is 0 Å². The van der Waals surface area contributed by atoms with Gasteiger partial charge in [0.05, 0.1) is 34.2 Å². The van der Waals surface area contributed by atoms with Crippen LogP contribution in [0.25, 0.3) is 0 Å². The number of amides is 1. The summed E-state index contributed by atoms with van der Waals surface area (Å²) in [6, 6.07) is 0. The van der Waals surface area contributed by atoms with Gasteiger partial charge in [-0.2, -0.15) is 0 Å². The summed E-state index contributed by atoms with van der Waals surface area (Å²) in [6.07, 6.45) is 5.58. The number of aliphatic hydroxyl groups is 3. The minimum absolute atomic E-state index is 0. The van der Waals surface area contributed by atoms with Crippen molar-refractivity contribution >= 4 is 16.0 Å². The van der Waals surface area contributed by atoms with E-state index in [9.17, 15) is 33.1 Å². The van der Waals surface area contributed by atoms with Crippen molar-refractivity contribution in [3.8, 4) is 0 Å². The number of hydrogen-bond donors (Lipinski definition) is 4. The second-order valence-electron chi connectivity index (χ2n) is 12.7. The van der Waals surface area contributed by atoms with Gasteiger partial charge in [-0.1, -0.05) is 20.8 Å². The molecular weight excluding hydrogens is 493 g/mol. The van der Waals surface area contributed by atoms with Gasteiger partial charge in [-0.3, -0.25) is 4.79 Å². The third-order valence-electron chi connectivity index (χ3n) is 11.0. The second kappa shape index (κ2) is 11.4. The molecule has 4 N–H and O–H groups in total. The average Bonchev–Trinajstić information content (AvgIpc) is 3.12. The number of carbonyl (C=O) groups is 1. The number of carbonyl (C=O) groups excluding carboxylic acids is 1. The zero-order chi connectivity index (χ0) is 25.8. The van der Waals surface area contributed by atoms with Crippen molar-refractivity contribution in [2.24, 2.45) is 46.3 Å². The monoisotopic (exact) mass is 537 g/mol. The summed E-state index contributed by atoms with van der Waals surface area (Å²) in [5.41, 5.74) is -0.267. The third kappa shape index (κ3) is 5.74. The van der Waals surface area contributed by atoms with Gasteiger partial charge in [0.2, 0.25) is 5.91 Å². The summed E-state index contributed by atoms with van der Waals surface area (Å²) in [5.74, 6) is 0.522. The number of aliphatic hydroxyl groups excluding tert-OH is 3. The van der Waals surface area contributed by atoms with E-state index in [2.05, 4.69) is 26.1 Å². The molecule has 10 heteroatoms. The number of hydrogen-bond acceptors (Lipinski definition) is 7. The van der Waals surface area contributed by atoms with Crippen LogP contribution in [0.1, 0.15) is 78.6 Å². The minimum atomic E-state index is -4.35. The van der Waals surface area contributed by atoms with E-state index in [0.717, 1.165) is 38.5 Å². The van der Waals surface area contributed by atoms with Crippen LogP contribution in [0.15, 0.2) is 0 Å². The van der Waals surface area contributed by atoms with Gasteiger partial charge in [-0.25, -0.2) is 8.42 Å². The Hall–Kier alpha value is 0.260. The van der Waals surface area contributed by atoms with Gasteiger partial charge in [-0.05, 0) is 97.7 Å². The Morgan fingerprint density at radius 3 is 2.44 bits per heavy atom.